The van der Waals surface area contributed by atoms with Crippen molar-refractivity contribution in [3.8, 4) is 0 Å². The van der Waals surface area contributed by atoms with Crippen LogP contribution >= 0.6 is 0 Å². The van der Waals surface area contributed by atoms with Crippen LogP contribution in [0.15, 0.2) is 60.7 Å². The number of nitrogens with one attached hydrogen (secondary N) is 1. The Hall–Kier alpha value is -2.18. The van der Waals surface area contributed by atoms with Gasteiger partial charge in [0.25, 0.3) is 0 Å². The molecule has 2 unspecified atom stereocenters. The lowest BCUT2D eigenvalue weighted by molar-refractivity contribution is -0.125. The second kappa shape index (κ2) is 8.96. The predicted octanol–water partition coefficient (Wildman–Crippen LogP) is 2.76. The fourth-order valence-electron chi connectivity index (χ4n) is 2.78. The predicted molar refractivity (Wildman–Crippen MR) is 104 cm³/mol. The minimum atomic E-state index is -3.51. The summed E-state index contributed by atoms with van der Waals surface area (Å²) in [6, 6.07) is 18.1. The van der Waals surface area contributed by atoms with Crippen LogP contribution in [0.25, 0.3) is 0 Å². The summed E-state index contributed by atoms with van der Waals surface area (Å²) in [6.45, 7) is 1.93. The monoisotopic (exact) mass is 374 g/mol. The number of hydrogen-bond acceptors (Lipinski definition) is 3. The number of rotatable bonds is 8. The minimum absolute atomic E-state index is 0.0677. The van der Waals surface area contributed by atoms with Crippen LogP contribution in [0.1, 0.15) is 30.5 Å². The molecule has 0 bridgehead atoms. The maximum absolute atomic E-state index is 12.8. The molecule has 0 heterocycles. The van der Waals surface area contributed by atoms with E-state index < -0.39 is 16.1 Å². The second-order valence-electron chi connectivity index (χ2n) is 6.53. The van der Waals surface area contributed by atoms with Gasteiger partial charge in [-0.3, -0.25) is 4.79 Å². The molecule has 0 aliphatic carbocycles. The van der Waals surface area contributed by atoms with Crippen LogP contribution in [0.3, 0.4) is 0 Å². The Labute approximate surface area is 156 Å². The Morgan fingerprint density at radius 2 is 1.58 bits per heavy atom. The summed E-state index contributed by atoms with van der Waals surface area (Å²) in [5.41, 5.74) is 1.86. The molecule has 0 aromatic heterocycles. The lowest BCUT2D eigenvalue weighted by Gasteiger charge is -2.27. The van der Waals surface area contributed by atoms with E-state index in [2.05, 4.69) is 17.4 Å². The molecule has 0 spiro atoms. The fraction of sp³-hybridized carbons (Fsp3) is 0.350. The maximum atomic E-state index is 12.8. The molecule has 2 aromatic rings. The summed E-state index contributed by atoms with van der Waals surface area (Å²) >= 11 is 0. The van der Waals surface area contributed by atoms with E-state index in [1.54, 1.807) is 24.3 Å². The summed E-state index contributed by atoms with van der Waals surface area (Å²) in [4.78, 5) is 12.8. The molecule has 26 heavy (non-hydrogen) atoms. The lowest BCUT2D eigenvalue weighted by atomic mass is 10.0. The minimum Gasteiger partial charge on any atom is -0.352 e. The highest BCUT2D eigenvalue weighted by Crippen LogP contribution is 2.22. The molecule has 0 saturated heterocycles. The Bertz CT molecular complexity index is 807. The van der Waals surface area contributed by atoms with Gasteiger partial charge in [0.15, 0.2) is 0 Å². The van der Waals surface area contributed by atoms with Crippen molar-refractivity contribution in [3.63, 3.8) is 0 Å². The maximum Gasteiger partial charge on any atom is 0.243 e. The molecule has 140 valence electrons. The Morgan fingerprint density at radius 1 is 1.04 bits per heavy atom. The number of carbonyl (C=O) groups excluding carboxylic acids is 1. The number of benzene rings is 2. The van der Waals surface area contributed by atoms with Crippen molar-refractivity contribution in [2.24, 2.45) is 0 Å². The van der Waals surface area contributed by atoms with Crippen molar-refractivity contribution in [1.82, 2.24) is 9.62 Å². The summed E-state index contributed by atoms with van der Waals surface area (Å²) in [5, 5.41) is 2.96. The van der Waals surface area contributed by atoms with Gasteiger partial charge in [0.05, 0.1) is 6.26 Å². The molecule has 6 heteroatoms. The van der Waals surface area contributed by atoms with Gasteiger partial charge < -0.3 is 5.32 Å². The summed E-state index contributed by atoms with van der Waals surface area (Å²) in [7, 11) is -2.08. The Balaban J connectivity index is 2.08. The lowest BCUT2D eigenvalue weighted by Crippen LogP contribution is -2.44. The van der Waals surface area contributed by atoms with Crippen molar-refractivity contribution in [2.45, 2.75) is 31.8 Å². The van der Waals surface area contributed by atoms with Crippen molar-refractivity contribution in [3.05, 3.63) is 71.8 Å². The number of likely N-dealkylation sites (N-methyl/N-ethyl adjacent to an activating group) is 1. The van der Waals surface area contributed by atoms with Gasteiger partial charge >= 0.3 is 0 Å². The smallest absolute Gasteiger partial charge is 0.243 e. The first-order valence-electron chi connectivity index (χ1n) is 8.61. The zero-order valence-electron chi connectivity index (χ0n) is 15.4. The van der Waals surface area contributed by atoms with Crippen LogP contribution in [0, 0.1) is 0 Å². The van der Waals surface area contributed by atoms with E-state index in [0.717, 1.165) is 23.4 Å². The average Bonchev–Trinajstić information content (AvgIpc) is 2.61. The summed E-state index contributed by atoms with van der Waals surface area (Å²) in [5.74, 6) is -0.315. The summed E-state index contributed by atoms with van der Waals surface area (Å²) < 4.78 is 25.1. The fourth-order valence-corrected chi connectivity index (χ4v) is 3.38. The number of sulfonamides is 1. The molecule has 5 nitrogen and oxygen atoms in total. The Morgan fingerprint density at radius 3 is 2.12 bits per heavy atom. The van der Waals surface area contributed by atoms with Crippen molar-refractivity contribution in [1.29, 1.82) is 0 Å². The normalized spacial score (nSPS) is 14.0. The molecule has 2 aromatic carbocycles. The molecular weight excluding hydrogens is 348 g/mol. The number of aryl methyl sites for hydroxylation is 1. The van der Waals surface area contributed by atoms with E-state index in [1.807, 2.05) is 31.2 Å². The topological polar surface area (TPSA) is 66.5 Å². The molecular formula is C20H26N2O3S. The van der Waals surface area contributed by atoms with Crippen molar-refractivity contribution in [2.75, 3.05) is 13.3 Å². The van der Waals surface area contributed by atoms with E-state index in [9.17, 15) is 13.2 Å². The second-order valence-corrected chi connectivity index (χ2v) is 8.57. The highest BCUT2D eigenvalue weighted by molar-refractivity contribution is 7.88. The van der Waals surface area contributed by atoms with Gasteiger partial charge in [-0.2, -0.15) is 4.31 Å². The zero-order chi connectivity index (χ0) is 19.2. The van der Waals surface area contributed by atoms with Crippen LogP contribution in [0.4, 0.5) is 0 Å². The SMILES string of the molecule is CC(CCc1ccccc1)NC(=O)C(c1ccccc1)N(C)S(C)(=O)=O. The first-order chi connectivity index (χ1) is 12.3. The molecule has 0 radical (unpaired) electrons. The first kappa shape index (κ1) is 20.1. The molecule has 1 N–H and O–H groups in total. The van der Waals surface area contributed by atoms with Gasteiger partial charge in [-0.15, -0.1) is 0 Å². The number of hydrogen-bond donors (Lipinski definition) is 1. The summed E-state index contributed by atoms with van der Waals surface area (Å²) in [6.07, 6.45) is 2.73. The van der Waals surface area contributed by atoms with Gasteiger partial charge in [0.1, 0.15) is 6.04 Å². The molecule has 0 fully saturated rings. The third kappa shape index (κ3) is 5.68. The molecule has 2 atom stereocenters. The Kier molecular flexibility index (Phi) is 6.94. The van der Waals surface area contributed by atoms with Crippen LogP contribution in [0.2, 0.25) is 0 Å². The van der Waals surface area contributed by atoms with Gasteiger partial charge in [-0.05, 0) is 30.9 Å². The van der Waals surface area contributed by atoms with E-state index in [0.29, 0.717) is 5.56 Å². The average molecular weight is 375 g/mol. The number of amides is 1. The van der Waals surface area contributed by atoms with Gasteiger partial charge in [0.2, 0.25) is 15.9 Å². The van der Waals surface area contributed by atoms with Crippen molar-refractivity contribution < 1.29 is 13.2 Å². The quantitative estimate of drug-likeness (QED) is 0.773. The van der Waals surface area contributed by atoms with Crippen molar-refractivity contribution >= 4 is 15.9 Å². The molecule has 0 aliphatic heterocycles. The standard InChI is InChI=1S/C20H26N2O3S/c1-16(14-15-17-10-6-4-7-11-17)21-20(23)19(22(2)26(3,24)25)18-12-8-5-9-13-18/h4-13,16,19H,14-15H2,1-3H3,(H,21,23). The highest BCUT2D eigenvalue weighted by Gasteiger charge is 2.31. The molecule has 2 rings (SSSR count). The van der Waals surface area contributed by atoms with Crippen LogP contribution in [-0.2, 0) is 21.2 Å². The van der Waals surface area contributed by atoms with Gasteiger partial charge in [-0.25, -0.2) is 8.42 Å². The van der Waals surface area contributed by atoms with E-state index >= 15 is 0 Å². The van der Waals surface area contributed by atoms with Crippen LogP contribution in [0.5, 0.6) is 0 Å². The molecule has 0 saturated carbocycles. The third-order valence-corrected chi connectivity index (χ3v) is 5.60. The third-order valence-electron chi connectivity index (χ3n) is 4.35. The zero-order valence-corrected chi connectivity index (χ0v) is 16.2. The van der Waals surface area contributed by atoms with E-state index in [4.69, 9.17) is 0 Å². The molecule has 0 aliphatic rings. The largest absolute Gasteiger partial charge is 0.352 e. The molecule has 1 amide bonds. The number of nitrogens with zero attached hydrogens (tertiary/aromatic N) is 1. The first-order valence-corrected chi connectivity index (χ1v) is 10.5. The van der Waals surface area contributed by atoms with Crippen LogP contribution in [-0.4, -0.2) is 38.0 Å². The van der Waals surface area contributed by atoms with Gasteiger partial charge in [0, 0.05) is 13.1 Å². The number of carbonyl (C=O) groups is 1. The van der Waals surface area contributed by atoms with E-state index in [1.165, 1.54) is 12.6 Å². The van der Waals surface area contributed by atoms with Gasteiger partial charge in [-0.1, -0.05) is 60.7 Å². The van der Waals surface area contributed by atoms with Crippen LogP contribution < -0.4 is 5.32 Å². The van der Waals surface area contributed by atoms with E-state index in [-0.39, 0.29) is 11.9 Å². The highest BCUT2D eigenvalue weighted by atomic mass is 32.2.